The van der Waals surface area contributed by atoms with Crippen LogP contribution in [0.5, 0.6) is 0 Å². The third-order valence-electron chi connectivity index (χ3n) is 4.69. The zero-order chi connectivity index (χ0) is 17.4. The third kappa shape index (κ3) is 2.85. The summed E-state index contributed by atoms with van der Waals surface area (Å²) in [6, 6.07) is 13.3. The van der Waals surface area contributed by atoms with Crippen molar-refractivity contribution in [2.24, 2.45) is 0 Å². The molecule has 1 heterocycles. The van der Waals surface area contributed by atoms with E-state index in [1.807, 2.05) is 48.7 Å². The number of hydrogen-bond donors (Lipinski definition) is 2. The van der Waals surface area contributed by atoms with Crippen molar-refractivity contribution in [2.75, 3.05) is 11.6 Å². The van der Waals surface area contributed by atoms with Gasteiger partial charge < -0.3 is 10.3 Å². The second kappa shape index (κ2) is 6.41. The number of rotatable bonds is 3. The average molecular weight is 350 g/mol. The molecule has 1 aliphatic carbocycles. The van der Waals surface area contributed by atoms with Gasteiger partial charge in [-0.05, 0) is 55.3 Å². The molecule has 4 nitrogen and oxygen atoms in total. The molecule has 0 saturated carbocycles. The van der Waals surface area contributed by atoms with Gasteiger partial charge in [0.25, 0.3) is 11.5 Å². The fourth-order valence-corrected chi connectivity index (χ4v) is 4.10. The number of carbonyl (C=O) groups excluding carboxylic acids is 1. The van der Waals surface area contributed by atoms with Gasteiger partial charge in [0.15, 0.2) is 0 Å². The standard InChI is InChI=1S/C20H18N2O2S/c1-25-18-8-3-2-5-16(18)20(24)21-12-9-10-14-13-6-4-7-15(13)19(23)22-17(14)11-12/h2-3,5,8-11H,4,6-7H2,1H3,(H,21,24)(H,22,23). The first kappa shape index (κ1) is 16.0. The van der Waals surface area contributed by atoms with E-state index in [2.05, 4.69) is 10.3 Å². The number of amides is 1. The summed E-state index contributed by atoms with van der Waals surface area (Å²) in [5.74, 6) is -0.146. The first-order valence-corrected chi connectivity index (χ1v) is 9.52. The van der Waals surface area contributed by atoms with Crippen molar-refractivity contribution >= 4 is 34.3 Å². The van der Waals surface area contributed by atoms with Crippen molar-refractivity contribution in [2.45, 2.75) is 24.2 Å². The number of H-pyrrole nitrogens is 1. The Morgan fingerprint density at radius 1 is 1.12 bits per heavy atom. The van der Waals surface area contributed by atoms with Crippen LogP contribution in [-0.4, -0.2) is 17.1 Å². The van der Waals surface area contributed by atoms with Crippen LogP contribution in [0.2, 0.25) is 0 Å². The number of hydrogen-bond acceptors (Lipinski definition) is 3. The molecule has 0 aliphatic heterocycles. The van der Waals surface area contributed by atoms with Gasteiger partial charge in [-0.3, -0.25) is 9.59 Å². The Morgan fingerprint density at radius 3 is 2.76 bits per heavy atom. The van der Waals surface area contributed by atoms with E-state index in [1.54, 1.807) is 11.8 Å². The van der Waals surface area contributed by atoms with E-state index in [4.69, 9.17) is 0 Å². The highest BCUT2D eigenvalue weighted by molar-refractivity contribution is 7.98. The lowest BCUT2D eigenvalue weighted by Crippen LogP contribution is -2.14. The molecule has 0 radical (unpaired) electrons. The van der Waals surface area contributed by atoms with Crippen LogP contribution in [0.3, 0.4) is 0 Å². The molecule has 25 heavy (non-hydrogen) atoms. The molecule has 0 unspecified atom stereocenters. The topological polar surface area (TPSA) is 62.0 Å². The largest absolute Gasteiger partial charge is 0.322 e. The first-order valence-electron chi connectivity index (χ1n) is 8.29. The van der Waals surface area contributed by atoms with Crippen LogP contribution in [0.25, 0.3) is 10.9 Å². The van der Waals surface area contributed by atoms with Crippen LogP contribution in [0.4, 0.5) is 5.69 Å². The van der Waals surface area contributed by atoms with Gasteiger partial charge in [-0.25, -0.2) is 0 Å². The van der Waals surface area contributed by atoms with Crippen molar-refractivity contribution in [1.82, 2.24) is 4.98 Å². The molecule has 2 aromatic carbocycles. The maximum absolute atomic E-state index is 12.6. The van der Waals surface area contributed by atoms with Crippen LogP contribution in [-0.2, 0) is 12.8 Å². The lowest BCUT2D eigenvalue weighted by molar-refractivity contribution is 0.102. The number of aryl methyl sites for hydroxylation is 1. The monoisotopic (exact) mass is 350 g/mol. The fourth-order valence-electron chi connectivity index (χ4n) is 3.51. The third-order valence-corrected chi connectivity index (χ3v) is 5.49. The molecule has 0 atom stereocenters. The lowest BCUT2D eigenvalue weighted by Gasteiger charge is -2.10. The van der Waals surface area contributed by atoms with Crippen molar-refractivity contribution in [3.8, 4) is 0 Å². The number of carbonyl (C=O) groups is 1. The highest BCUT2D eigenvalue weighted by Gasteiger charge is 2.18. The van der Waals surface area contributed by atoms with Crippen molar-refractivity contribution in [3.63, 3.8) is 0 Å². The Hall–Kier alpha value is -2.53. The molecule has 1 amide bonds. The lowest BCUT2D eigenvalue weighted by atomic mass is 10.1. The second-order valence-corrected chi connectivity index (χ2v) is 7.03. The smallest absolute Gasteiger partial charge is 0.256 e. The normalized spacial score (nSPS) is 13.0. The fraction of sp³-hybridized carbons (Fsp3) is 0.200. The van der Waals surface area contributed by atoms with Crippen LogP contribution in [0.15, 0.2) is 52.2 Å². The minimum absolute atomic E-state index is 0.00351. The zero-order valence-corrected chi connectivity index (χ0v) is 14.7. The Labute approximate surface area is 149 Å². The molecule has 0 bridgehead atoms. The molecule has 0 fully saturated rings. The van der Waals surface area contributed by atoms with Crippen molar-refractivity contribution < 1.29 is 4.79 Å². The molecule has 0 spiro atoms. The average Bonchev–Trinajstić information content (AvgIpc) is 3.12. The summed E-state index contributed by atoms with van der Waals surface area (Å²) in [6.45, 7) is 0. The van der Waals surface area contributed by atoms with Gasteiger partial charge in [0, 0.05) is 21.5 Å². The van der Waals surface area contributed by atoms with Crippen molar-refractivity contribution in [3.05, 3.63) is 69.5 Å². The number of anilines is 1. The van der Waals surface area contributed by atoms with Gasteiger partial charge in [0.2, 0.25) is 0 Å². The highest BCUT2D eigenvalue weighted by atomic mass is 32.2. The number of thioether (sulfide) groups is 1. The molecule has 4 rings (SSSR count). The molecule has 0 saturated heterocycles. The minimum atomic E-state index is -0.146. The van der Waals surface area contributed by atoms with Gasteiger partial charge in [0.1, 0.15) is 0 Å². The molecule has 1 aromatic heterocycles. The van der Waals surface area contributed by atoms with Crippen molar-refractivity contribution in [1.29, 1.82) is 0 Å². The number of fused-ring (bicyclic) bond motifs is 3. The predicted molar refractivity (Wildman–Crippen MR) is 103 cm³/mol. The van der Waals surface area contributed by atoms with E-state index in [0.717, 1.165) is 46.2 Å². The molecule has 1 aliphatic rings. The Balaban J connectivity index is 1.70. The molecular weight excluding hydrogens is 332 g/mol. The Kier molecular flexibility index (Phi) is 4.09. The van der Waals surface area contributed by atoms with Gasteiger partial charge >= 0.3 is 0 Å². The van der Waals surface area contributed by atoms with E-state index in [9.17, 15) is 9.59 Å². The highest BCUT2D eigenvalue weighted by Crippen LogP contribution is 2.28. The van der Waals surface area contributed by atoms with Crippen LogP contribution in [0.1, 0.15) is 27.9 Å². The van der Waals surface area contributed by atoms with E-state index in [-0.39, 0.29) is 11.5 Å². The minimum Gasteiger partial charge on any atom is -0.322 e. The summed E-state index contributed by atoms with van der Waals surface area (Å²) in [4.78, 5) is 28.7. The van der Waals surface area contributed by atoms with Gasteiger partial charge in [-0.15, -0.1) is 11.8 Å². The summed E-state index contributed by atoms with van der Waals surface area (Å²) in [5, 5.41) is 4.02. The van der Waals surface area contributed by atoms with E-state index in [1.165, 1.54) is 0 Å². The summed E-state index contributed by atoms with van der Waals surface area (Å²) < 4.78 is 0. The number of aromatic nitrogens is 1. The van der Waals surface area contributed by atoms with Gasteiger partial charge in [0.05, 0.1) is 11.1 Å². The Morgan fingerprint density at radius 2 is 1.92 bits per heavy atom. The van der Waals surface area contributed by atoms with E-state index < -0.39 is 0 Å². The molecule has 3 aromatic rings. The molecule has 126 valence electrons. The summed E-state index contributed by atoms with van der Waals surface area (Å²) in [7, 11) is 0. The van der Waals surface area contributed by atoms with Crippen LogP contribution in [0, 0.1) is 0 Å². The summed E-state index contributed by atoms with van der Waals surface area (Å²) >= 11 is 1.54. The molecular formula is C20H18N2O2S. The van der Waals surface area contributed by atoms with Gasteiger partial charge in [-0.2, -0.15) is 0 Å². The van der Waals surface area contributed by atoms with Gasteiger partial charge in [-0.1, -0.05) is 18.2 Å². The quantitative estimate of drug-likeness (QED) is 0.702. The number of nitrogens with one attached hydrogen (secondary N) is 2. The Bertz CT molecular complexity index is 1040. The maximum atomic E-state index is 12.6. The predicted octanol–water partition coefficient (Wildman–Crippen LogP) is 3.99. The summed E-state index contributed by atoms with van der Waals surface area (Å²) in [5.41, 5.74) is 4.18. The van der Waals surface area contributed by atoms with E-state index in [0.29, 0.717) is 11.3 Å². The number of benzene rings is 2. The second-order valence-electron chi connectivity index (χ2n) is 6.18. The number of aromatic amines is 1. The molecule has 5 heteroatoms. The first-order chi connectivity index (χ1) is 12.2. The van der Waals surface area contributed by atoms with Crippen LogP contribution < -0.4 is 10.9 Å². The SMILES string of the molecule is CSc1ccccc1C(=O)Nc1ccc2c3c(c(=O)[nH]c2c1)CCC3. The zero-order valence-electron chi connectivity index (χ0n) is 13.9. The van der Waals surface area contributed by atoms with E-state index >= 15 is 0 Å². The molecule has 2 N–H and O–H groups in total. The maximum Gasteiger partial charge on any atom is 0.256 e. The number of pyridine rings is 1. The van der Waals surface area contributed by atoms with Crippen LogP contribution >= 0.6 is 11.8 Å². The summed E-state index contributed by atoms with van der Waals surface area (Å²) in [6.07, 6.45) is 4.78.